The molecule has 1 saturated carbocycles. The van der Waals surface area contributed by atoms with Crippen LogP contribution in [0.2, 0.25) is 5.02 Å². The molecule has 0 radical (unpaired) electrons. The lowest BCUT2D eigenvalue weighted by Gasteiger charge is -2.54. The van der Waals surface area contributed by atoms with Crippen LogP contribution in [0.1, 0.15) is 43.2 Å². The summed E-state index contributed by atoms with van der Waals surface area (Å²) in [7, 11) is 0. The molecule has 1 aliphatic carbocycles. The number of rotatable bonds is 5. The summed E-state index contributed by atoms with van der Waals surface area (Å²) in [5.41, 5.74) is 1.10. The van der Waals surface area contributed by atoms with Crippen LogP contribution >= 0.6 is 27.5 Å². The van der Waals surface area contributed by atoms with Gasteiger partial charge in [0.25, 0.3) is 0 Å². The monoisotopic (exact) mass is 532 g/mol. The fourth-order valence-electron chi connectivity index (χ4n) is 5.97. The summed E-state index contributed by atoms with van der Waals surface area (Å²) in [5, 5.41) is 23.5. The summed E-state index contributed by atoms with van der Waals surface area (Å²) in [6.45, 7) is 1.64. The first-order chi connectivity index (χ1) is 15.7. The molecule has 3 aliphatic rings. The molecule has 2 aromatic rings. The Morgan fingerprint density at radius 1 is 1.24 bits per heavy atom. The molecule has 2 amide bonds. The van der Waals surface area contributed by atoms with E-state index in [1.54, 1.807) is 11.0 Å². The maximum atomic E-state index is 14.1. The lowest BCUT2D eigenvalue weighted by atomic mass is 9.56. The van der Waals surface area contributed by atoms with E-state index >= 15 is 0 Å². The second-order valence-electron chi connectivity index (χ2n) is 9.76. The Hall–Kier alpha value is -1.93. The first kappa shape index (κ1) is 22.8. The molecule has 4 atom stereocenters. The number of piperidine rings is 1. The van der Waals surface area contributed by atoms with Crippen molar-refractivity contribution in [3.8, 4) is 0 Å². The topological polar surface area (TPSA) is 89.9 Å². The first-order valence-corrected chi connectivity index (χ1v) is 12.3. The zero-order valence-corrected chi connectivity index (χ0v) is 20.6. The number of aliphatic hydroxyl groups excluding tert-OH is 2. The van der Waals surface area contributed by atoms with Gasteiger partial charge in [0.05, 0.1) is 18.8 Å². The molecule has 33 heavy (non-hydrogen) atoms. The van der Waals surface area contributed by atoms with Crippen LogP contribution in [0.15, 0.2) is 46.9 Å². The van der Waals surface area contributed by atoms with Crippen LogP contribution < -0.4 is 5.32 Å². The summed E-state index contributed by atoms with van der Waals surface area (Å²) >= 11 is 9.85. The van der Waals surface area contributed by atoms with Gasteiger partial charge in [0, 0.05) is 34.1 Å². The highest BCUT2D eigenvalue weighted by Crippen LogP contribution is 2.64. The Morgan fingerprint density at radius 3 is 2.67 bits per heavy atom. The summed E-state index contributed by atoms with van der Waals surface area (Å²) in [6, 6.07) is 12.7. The lowest BCUT2D eigenvalue weighted by molar-refractivity contribution is -0.151. The molecule has 0 bridgehead atoms. The van der Waals surface area contributed by atoms with Gasteiger partial charge in [0.2, 0.25) is 11.8 Å². The van der Waals surface area contributed by atoms with E-state index in [1.165, 1.54) is 0 Å². The number of carbonyl (C=O) groups excluding carboxylic acids is 2. The summed E-state index contributed by atoms with van der Waals surface area (Å²) < 4.78 is 0.853. The molecular weight excluding hydrogens is 508 g/mol. The number of anilines is 1. The smallest absolute Gasteiger partial charge is 0.237 e. The van der Waals surface area contributed by atoms with Gasteiger partial charge in [-0.3, -0.25) is 9.59 Å². The normalized spacial score (nSPS) is 28.6. The highest BCUT2D eigenvalue weighted by Gasteiger charge is 2.69. The molecule has 5 rings (SSSR count). The third kappa shape index (κ3) is 3.52. The van der Waals surface area contributed by atoms with Gasteiger partial charge in [-0.2, -0.15) is 0 Å². The maximum absolute atomic E-state index is 14.1. The number of β-amino-alcohol motifs (C(OH)–C–C–N with tert-alkyl or cyclic N) is 1. The molecule has 2 heterocycles. The number of fused-ring (bicyclic) bond motifs is 2. The van der Waals surface area contributed by atoms with E-state index in [9.17, 15) is 19.8 Å². The fourth-order valence-corrected chi connectivity index (χ4v) is 6.53. The third-order valence-electron chi connectivity index (χ3n) is 7.61. The molecule has 6 nitrogen and oxygen atoms in total. The Morgan fingerprint density at radius 2 is 2.00 bits per heavy atom. The van der Waals surface area contributed by atoms with Crippen molar-refractivity contribution >= 4 is 45.0 Å². The van der Waals surface area contributed by atoms with Gasteiger partial charge in [-0.25, -0.2) is 0 Å². The first-order valence-electron chi connectivity index (χ1n) is 11.2. The molecule has 174 valence electrons. The fraction of sp³-hybridized carbons (Fsp3) is 0.440. The Kier molecular flexibility index (Phi) is 5.59. The van der Waals surface area contributed by atoms with Gasteiger partial charge in [-0.05, 0) is 53.6 Å². The van der Waals surface area contributed by atoms with Gasteiger partial charge in [-0.15, -0.1) is 0 Å². The Labute approximate surface area is 206 Å². The number of nitrogens with one attached hydrogen (secondary N) is 1. The van der Waals surface area contributed by atoms with Crippen molar-refractivity contribution < 1.29 is 19.8 Å². The quantitative estimate of drug-likeness (QED) is 0.545. The molecule has 0 aromatic heterocycles. The summed E-state index contributed by atoms with van der Waals surface area (Å²) in [4.78, 5) is 29.3. The van der Waals surface area contributed by atoms with Crippen molar-refractivity contribution in [2.24, 2.45) is 5.41 Å². The van der Waals surface area contributed by atoms with Crippen LogP contribution in [0, 0.1) is 5.41 Å². The zero-order valence-electron chi connectivity index (χ0n) is 18.2. The van der Waals surface area contributed by atoms with Crippen LogP contribution in [0.4, 0.5) is 5.69 Å². The summed E-state index contributed by atoms with van der Waals surface area (Å²) in [5.74, 6) is -0.694. The van der Waals surface area contributed by atoms with Crippen LogP contribution in [0.25, 0.3) is 0 Å². The van der Waals surface area contributed by atoms with Crippen molar-refractivity contribution in [3.05, 3.63) is 63.1 Å². The SMILES string of the molecule is CC1(C2N(CC(O)CO)C(=O)CC(c3cccc(Cl)c3)C23C(=O)Nc2cc(Br)ccc23)CC1. The van der Waals surface area contributed by atoms with Crippen molar-refractivity contribution in [1.82, 2.24) is 4.90 Å². The van der Waals surface area contributed by atoms with Crippen molar-refractivity contribution in [2.75, 3.05) is 18.5 Å². The second kappa shape index (κ2) is 8.08. The van der Waals surface area contributed by atoms with Crippen molar-refractivity contribution in [3.63, 3.8) is 0 Å². The largest absolute Gasteiger partial charge is 0.394 e. The number of benzene rings is 2. The highest BCUT2D eigenvalue weighted by atomic mass is 79.9. The van der Waals surface area contributed by atoms with Crippen LogP contribution in [0.5, 0.6) is 0 Å². The maximum Gasteiger partial charge on any atom is 0.237 e. The van der Waals surface area contributed by atoms with Gasteiger partial charge in [-0.1, -0.05) is 52.7 Å². The van der Waals surface area contributed by atoms with Gasteiger partial charge in [0.1, 0.15) is 5.41 Å². The van der Waals surface area contributed by atoms with Crippen LogP contribution in [-0.4, -0.2) is 52.2 Å². The second-order valence-corrected chi connectivity index (χ2v) is 11.1. The predicted molar refractivity (Wildman–Crippen MR) is 129 cm³/mol. The molecule has 2 aromatic carbocycles. The minimum absolute atomic E-state index is 0.0151. The van der Waals surface area contributed by atoms with E-state index < -0.39 is 30.1 Å². The Bertz CT molecular complexity index is 1140. The molecular formula is C25H26BrClN2O4. The van der Waals surface area contributed by atoms with Crippen molar-refractivity contribution in [1.29, 1.82) is 0 Å². The number of likely N-dealkylation sites (tertiary alicyclic amines) is 1. The van der Waals surface area contributed by atoms with E-state index in [0.29, 0.717) is 5.02 Å². The van der Waals surface area contributed by atoms with E-state index in [-0.39, 0.29) is 30.2 Å². The molecule has 8 heteroatoms. The molecule has 2 fully saturated rings. The number of nitrogens with zero attached hydrogens (tertiary/aromatic N) is 1. The van der Waals surface area contributed by atoms with E-state index in [0.717, 1.165) is 34.1 Å². The summed E-state index contributed by atoms with van der Waals surface area (Å²) in [6.07, 6.45) is 0.778. The van der Waals surface area contributed by atoms with E-state index in [2.05, 4.69) is 28.2 Å². The number of carbonyl (C=O) groups is 2. The predicted octanol–water partition coefficient (Wildman–Crippen LogP) is 3.83. The minimum atomic E-state index is -1.08. The molecule has 4 unspecified atom stereocenters. The lowest BCUT2D eigenvalue weighted by Crippen LogP contribution is -2.67. The molecule has 3 N–H and O–H groups in total. The number of hydrogen-bond acceptors (Lipinski definition) is 4. The standard InChI is InChI=1S/C25H26BrClN2O4/c1-24(7-8-24)22-25(18-6-5-15(26)10-20(18)28-23(25)33)19(14-3-2-4-16(27)9-14)11-21(32)29(22)12-17(31)13-30/h2-6,9-10,17,19,22,30-31H,7-8,11-13H2,1H3,(H,28,33). The van der Waals surface area contributed by atoms with Crippen molar-refractivity contribution in [2.45, 2.75) is 49.7 Å². The average molecular weight is 534 g/mol. The highest BCUT2D eigenvalue weighted by molar-refractivity contribution is 9.10. The third-order valence-corrected chi connectivity index (χ3v) is 8.34. The van der Waals surface area contributed by atoms with Gasteiger partial charge in [0.15, 0.2) is 0 Å². The van der Waals surface area contributed by atoms with Crippen LogP contribution in [0.3, 0.4) is 0 Å². The molecule has 1 saturated heterocycles. The minimum Gasteiger partial charge on any atom is -0.394 e. The molecule has 1 spiro atoms. The number of aliphatic hydroxyl groups is 2. The van der Waals surface area contributed by atoms with E-state index in [1.807, 2.05) is 36.4 Å². The van der Waals surface area contributed by atoms with Gasteiger partial charge >= 0.3 is 0 Å². The van der Waals surface area contributed by atoms with Crippen LogP contribution in [-0.2, 0) is 15.0 Å². The van der Waals surface area contributed by atoms with E-state index in [4.69, 9.17) is 11.6 Å². The number of hydrogen-bond donors (Lipinski definition) is 3. The molecule has 2 aliphatic heterocycles. The zero-order chi connectivity index (χ0) is 23.5. The number of halogens is 2. The Balaban J connectivity index is 1.78. The number of amides is 2. The van der Waals surface area contributed by atoms with Gasteiger partial charge < -0.3 is 20.4 Å². The average Bonchev–Trinajstić information content (AvgIpc) is 3.45.